The number of carbonyl (C=O) groups excluding carboxylic acids is 4. The second-order valence-electron chi connectivity index (χ2n) is 21.5. The number of aldehydes is 1. The molecule has 448 valence electrons. The number of ether oxygens (including phenoxy) is 6. The summed E-state index contributed by atoms with van der Waals surface area (Å²) in [5.41, 5.74) is 12.9. The van der Waals surface area contributed by atoms with Crippen LogP contribution in [0.25, 0.3) is 6.08 Å². The molecule has 0 aromatic heterocycles. The van der Waals surface area contributed by atoms with Crippen LogP contribution in [0.1, 0.15) is 92.4 Å². The van der Waals surface area contributed by atoms with Gasteiger partial charge < -0.3 is 43.1 Å². The third-order valence-corrected chi connectivity index (χ3v) is 16.2. The Balaban J connectivity index is 0.000000141. The third kappa shape index (κ3) is 15.4. The van der Waals surface area contributed by atoms with Gasteiger partial charge in [-0.25, -0.2) is 0 Å². The molecule has 19 heteroatoms. The molecule has 0 saturated carbocycles. The molecule has 1 atom stereocenters. The van der Waals surface area contributed by atoms with Gasteiger partial charge in [-0.15, -0.1) is 0 Å². The van der Waals surface area contributed by atoms with E-state index >= 15 is 0 Å². The minimum absolute atomic E-state index is 0.0393. The lowest BCUT2D eigenvalue weighted by atomic mass is 9.95. The van der Waals surface area contributed by atoms with Crippen molar-refractivity contribution in [2.75, 3.05) is 115 Å². The van der Waals surface area contributed by atoms with E-state index in [4.69, 9.17) is 63.2 Å². The molecule has 6 aromatic carbocycles. The maximum absolute atomic E-state index is 13.0. The van der Waals surface area contributed by atoms with Gasteiger partial charge in [-0.3, -0.25) is 19.2 Å². The summed E-state index contributed by atoms with van der Waals surface area (Å²) in [7, 11) is 4.97. The Kier molecular flexibility index (Phi) is 20.7. The van der Waals surface area contributed by atoms with Gasteiger partial charge in [0.25, 0.3) is 0 Å². The highest BCUT2D eigenvalue weighted by Gasteiger charge is 2.34. The molecule has 3 fully saturated rings. The van der Waals surface area contributed by atoms with E-state index in [-0.39, 0.29) is 33.9 Å². The van der Waals surface area contributed by atoms with E-state index in [0.29, 0.717) is 43.8 Å². The maximum Gasteiger partial charge on any atom is 0.416 e. The summed E-state index contributed by atoms with van der Waals surface area (Å²) in [6, 6.07) is 26.6. The molecule has 0 N–H and O–H groups in total. The minimum atomic E-state index is -4.47. The van der Waals surface area contributed by atoms with Crippen molar-refractivity contribution in [2.24, 2.45) is 5.92 Å². The topological polar surface area (TPSA) is 133 Å². The van der Waals surface area contributed by atoms with Crippen LogP contribution in [0.15, 0.2) is 96.6 Å². The number of methoxy groups -OCH3 is 3. The van der Waals surface area contributed by atoms with Gasteiger partial charge in [-0.1, -0.05) is 46.9 Å². The number of anilines is 3. The molecule has 3 aliphatic heterocycles. The quantitative estimate of drug-likeness (QED) is 0.0952. The van der Waals surface area contributed by atoms with E-state index < -0.39 is 11.7 Å². The summed E-state index contributed by atoms with van der Waals surface area (Å²) in [6.45, 7) is 13.5. The monoisotopic (exact) mass is 1220 g/mol. The molecule has 13 nitrogen and oxygen atoms in total. The number of morpholine rings is 3. The number of ketones is 3. The maximum atomic E-state index is 13.0. The van der Waals surface area contributed by atoms with Gasteiger partial charge in [0.1, 0.15) is 23.5 Å². The summed E-state index contributed by atoms with van der Waals surface area (Å²) < 4.78 is 69.2. The zero-order valence-electron chi connectivity index (χ0n) is 48.1. The molecule has 3 heterocycles. The summed E-state index contributed by atoms with van der Waals surface area (Å²) >= 11 is 17.7. The highest BCUT2D eigenvalue weighted by Crippen LogP contribution is 2.41. The highest BCUT2D eigenvalue weighted by atomic mass is 35.5. The van der Waals surface area contributed by atoms with Crippen LogP contribution in [-0.2, 0) is 46.1 Å². The fourth-order valence-corrected chi connectivity index (χ4v) is 12.4. The van der Waals surface area contributed by atoms with Gasteiger partial charge in [0.05, 0.1) is 83.6 Å². The molecule has 85 heavy (non-hydrogen) atoms. The Morgan fingerprint density at radius 2 is 1.04 bits per heavy atom. The second kappa shape index (κ2) is 28.1. The van der Waals surface area contributed by atoms with Crippen LogP contribution in [0.5, 0.6) is 17.2 Å². The van der Waals surface area contributed by atoms with Gasteiger partial charge in [0.15, 0.2) is 17.3 Å². The average Bonchev–Trinajstić information content (AvgIpc) is 3.02. The van der Waals surface area contributed by atoms with E-state index in [1.807, 2.05) is 68.5 Å². The number of alkyl halides is 3. The van der Waals surface area contributed by atoms with Gasteiger partial charge in [0.2, 0.25) is 0 Å². The van der Waals surface area contributed by atoms with Crippen LogP contribution in [0, 0.1) is 19.8 Å². The van der Waals surface area contributed by atoms with Crippen LogP contribution < -0.4 is 28.9 Å². The first-order chi connectivity index (χ1) is 40.8. The molecule has 3 aliphatic carbocycles. The molecule has 12 rings (SSSR count). The summed E-state index contributed by atoms with van der Waals surface area (Å²) in [5, 5.41) is 1.31. The lowest BCUT2D eigenvalue weighted by molar-refractivity contribution is -0.137. The van der Waals surface area contributed by atoms with E-state index in [1.54, 1.807) is 21.3 Å². The first-order valence-corrected chi connectivity index (χ1v) is 29.3. The van der Waals surface area contributed by atoms with Crippen LogP contribution in [-0.4, -0.2) is 124 Å². The molecule has 3 saturated heterocycles. The largest absolute Gasteiger partial charge is 0.495 e. The predicted octanol–water partition coefficient (Wildman–Crippen LogP) is 13.2. The normalized spacial score (nSPS) is 17.6. The van der Waals surface area contributed by atoms with E-state index in [2.05, 4.69) is 39.0 Å². The number of nitrogens with zero attached hydrogens (tertiary/aromatic N) is 3. The van der Waals surface area contributed by atoms with Gasteiger partial charge in [-0.05, 0) is 157 Å². The first kappa shape index (κ1) is 62.6. The Hall–Kier alpha value is -6.92. The smallest absolute Gasteiger partial charge is 0.416 e. The molecule has 0 radical (unpaired) electrons. The molecule has 0 spiro atoms. The van der Waals surface area contributed by atoms with E-state index in [0.717, 1.165) is 191 Å². The molecule has 0 amide bonds. The Morgan fingerprint density at radius 3 is 1.55 bits per heavy atom. The average molecular weight is 1230 g/mol. The fraction of sp³-hybridized carbons (Fsp3) is 0.364. The van der Waals surface area contributed by atoms with E-state index in [1.165, 1.54) is 6.07 Å². The zero-order chi connectivity index (χ0) is 60.5. The Labute approximate surface area is 508 Å². The number of carbonyl (C=O) groups is 4. The summed E-state index contributed by atoms with van der Waals surface area (Å²) in [5.74, 6) is 2.77. The van der Waals surface area contributed by atoms with Crippen LogP contribution in [0.2, 0.25) is 15.1 Å². The zero-order valence-corrected chi connectivity index (χ0v) is 50.4. The SMILES string of the molecule is COc1cc2c(cc1N1CCOCC1)C/C(=C\c1cc(C)cc(Cl)c1)C2=O.COc1cc2c(cc1N1CCOCC1)CC(Cc1cc(C)cc(Cl)c1)C2=O.COc1cc2c(cc1N1CCOCC1)CCC2=O.O=Cc1cc(Cl)cc(C(F)(F)F)c1. The van der Waals surface area contributed by atoms with Crippen LogP contribution >= 0.6 is 34.8 Å². The molecule has 1 unspecified atom stereocenters. The van der Waals surface area contributed by atoms with Crippen molar-refractivity contribution in [2.45, 2.75) is 52.1 Å². The van der Waals surface area contributed by atoms with Crippen molar-refractivity contribution in [1.82, 2.24) is 0 Å². The lowest BCUT2D eigenvalue weighted by Gasteiger charge is -2.30. The molecular formula is C66H67Cl3F3N3O10. The van der Waals surface area contributed by atoms with E-state index in [9.17, 15) is 32.3 Å². The Bertz CT molecular complexity index is 3460. The number of fused-ring (bicyclic) bond motifs is 3. The molecule has 6 aliphatic rings. The number of rotatable bonds is 10. The first-order valence-electron chi connectivity index (χ1n) is 28.1. The molecular weight excluding hydrogens is 1160 g/mol. The standard InChI is InChI=1S/C22H24ClNO3.C22H22ClNO3.C14H17NO3.C8H4ClF3O/c2*1-14-7-15(10-18(23)8-14)9-17-11-16-12-20(24-3-5-27-6-4-24)21(26-2)13-19(16)22(17)25;1-17-14-9-11-10(2-3-13(11)16)8-12(14)15-4-6-18-7-5-15;9-7-2-5(4-13)1-6(3-7)8(10,11)12/h7-8,10,12-13,17H,3-6,9,11H2,1-2H3;7-10,12-13H,3-6,11H2,1-2H3;8-9H,2-7H2,1H3;1-4H/b;17-9+;;. The summed E-state index contributed by atoms with van der Waals surface area (Å²) in [6.07, 6.45) is 1.39. The lowest BCUT2D eigenvalue weighted by Crippen LogP contribution is -2.36. The number of hydrogen-bond donors (Lipinski definition) is 0. The highest BCUT2D eigenvalue weighted by molar-refractivity contribution is 6.31. The van der Waals surface area contributed by atoms with Crippen molar-refractivity contribution in [3.8, 4) is 17.2 Å². The van der Waals surface area contributed by atoms with Crippen LogP contribution in [0.4, 0.5) is 30.2 Å². The van der Waals surface area contributed by atoms with Gasteiger partial charge >= 0.3 is 6.18 Å². The van der Waals surface area contributed by atoms with Crippen molar-refractivity contribution in [3.05, 3.63) is 178 Å². The Morgan fingerprint density at radius 1 is 0.553 bits per heavy atom. The van der Waals surface area contributed by atoms with Crippen molar-refractivity contribution < 1.29 is 60.8 Å². The predicted molar refractivity (Wildman–Crippen MR) is 326 cm³/mol. The number of allylic oxidation sites excluding steroid dienone is 1. The van der Waals surface area contributed by atoms with Gasteiger partial charge in [0, 0.05) is 101 Å². The number of hydrogen-bond acceptors (Lipinski definition) is 13. The molecule has 0 bridgehead atoms. The number of halogens is 6. The molecule has 6 aromatic rings. The summed E-state index contributed by atoms with van der Waals surface area (Å²) in [4.78, 5) is 54.7. The van der Waals surface area contributed by atoms with Gasteiger partial charge in [-0.2, -0.15) is 13.2 Å². The second-order valence-corrected chi connectivity index (χ2v) is 22.8. The van der Waals surface area contributed by atoms with Crippen molar-refractivity contribution in [3.63, 3.8) is 0 Å². The number of benzene rings is 6. The van der Waals surface area contributed by atoms with Crippen LogP contribution in [0.3, 0.4) is 0 Å². The van der Waals surface area contributed by atoms with Crippen molar-refractivity contribution in [1.29, 1.82) is 0 Å². The van der Waals surface area contributed by atoms with Crippen molar-refractivity contribution >= 4 is 81.6 Å². The fourth-order valence-electron chi connectivity index (χ4n) is 11.5. The number of Topliss-reactive ketones (excluding diaryl/α,β-unsaturated/α-hetero) is 3. The minimum Gasteiger partial charge on any atom is -0.495 e. The number of aryl methyl sites for hydroxylation is 3. The third-order valence-electron chi connectivity index (χ3n) is 15.6.